The molecule has 0 fully saturated rings. The van der Waals surface area contributed by atoms with Crippen LogP contribution in [0.3, 0.4) is 0 Å². The minimum absolute atomic E-state index is 0.440. The van der Waals surface area contributed by atoms with Gasteiger partial charge in [-0.05, 0) is 31.7 Å². The van der Waals surface area contributed by atoms with Crippen LogP contribution in [0.5, 0.6) is 0 Å². The summed E-state index contributed by atoms with van der Waals surface area (Å²) in [5.41, 5.74) is 0. The Morgan fingerprint density at radius 2 is 2.00 bits per heavy atom. The summed E-state index contributed by atoms with van der Waals surface area (Å²) in [6.07, 6.45) is 0.999. The molecule has 0 radical (unpaired) electrons. The van der Waals surface area contributed by atoms with Crippen LogP contribution in [-0.2, 0) is 17.8 Å². The van der Waals surface area contributed by atoms with Crippen molar-refractivity contribution in [2.75, 3.05) is 30.3 Å². The number of nitrogens with one attached hydrogen (secondary N) is 2. The minimum Gasteiger partial charge on any atom is -0.374 e. The lowest BCUT2D eigenvalue weighted by atomic mass is 10.3. The van der Waals surface area contributed by atoms with Crippen molar-refractivity contribution in [3.05, 3.63) is 34.3 Å². The lowest BCUT2D eigenvalue weighted by molar-refractivity contribution is 0.128. The third-order valence-corrected chi connectivity index (χ3v) is 3.76. The van der Waals surface area contributed by atoms with Crippen LogP contribution in [0.15, 0.2) is 23.6 Å². The molecule has 5 nitrogen and oxygen atoms in total. The highest BCUT2D eigenvalue weighted by molar-refractivity contribution is 7.09. The molecule has 0 amide bonds. The number of aromatic nitrogens is 2. The molecular weight excluding hydrogens is 284 g/mol. The van der Waals surface area contributed by atoms with E-state index >= 15 is 0 Å². The fourth-order valence-corrected chi connectivity index (χ4v) is 2.59. The predicted octanol–water partition coefficient (Wildman–Crippen LogP) is 3.16. The van der Waals surface area contributed by atoms with E-state index < -0.39 is 0 Å². The fourth-order valence-electron chi connectivity index (χ4n) is 1.89. The van der Waals surface area contributed by atoms with Crippen LogP contribution in [0.1, 0.15) is 24.5 Å². The molecule has 0 aliphatic carbocycles. The van der Waals surface area contributed by atoms with Gasteiger partial charge in [-0.3, -0.25) is 0 Å². The Kier molecular flexibility index (Phi) is 6.43. The molecule has 0 aliphatic rings. The normalized spacial score (nSPS) is 10.6. The van der Waals surface area contributed by atoms with Gasteiger partial charge in [0.15, 0.2) is 5.82 Å². The first-order chi connectivity index (χ1) is 10.3. The molecular formula is C15H22N4OS. The van der Waals surface area contributed by atoms with E-state index in [0.717, 1.165) is 31.1 Å². The molecule has 0 spiro atoms. The van der Waals surface area contributed by atoms with Crippen molar-refractivity contribution in [2.24, 2.45) is 0 Å². The monoisotopic (exact) mass is 306 g/mol. The second-order valence-corrected chi connectivity index (χ2v) is 5.51. The van der Waals surface area contributed by atoms with E-state index in [1.165, 1.54) is 4.88 Å². The first-order valence-corrected chi connectivity index (χ1v) is 8.15. The van der Waals surface area contributed by atoms with E-state index in [4.69, 9.17) is 4.74 Å². The van der Waals surface area contributed by atoms with E-state index in [0.29, 0.717) is 19.0 Å². The van der Waals surface area contributed by atoms with Crippen LogP contribution in [0.2, 0.25) is 0 Å². The van der Waals surface area contributed by atoms with Crippen molar-refractivity contribution in [3.8, 4) is 0 Å². The third kappa shape index (κ3) is 5.32. The maximum absolute atomic E-state index is 5.39. The van der Waals surface area contributed by atoms with Crippen LogP contribution in [-0.4, -0.2) is 29.7 Å². The third-order valence-electron chi connectivity index (χ3n) is 2.82. The molecule has 2 heterocycles. The van der Waals surface area contributed by atoms with Gasteiger partial charge in [0.05, 0.1) is 0 Å². The van der Waals surface area contributed by atoms with Crippen LogP contribution < -0.4 is 10.6 Å². The van der Waals surface area contributed by atoms with E-state index in [1.54, 1.807) is 11.3 Å². The topological polar surface area (TPSA) is 59.1 Å². The summed E-state index contributed by atoms with van der Waals surface area (Å²) in [6, 6.07) is 6.17. The molecule has 2 aromatic rings. The Bertz CT molecular complexity index is 530. The maximum atomic E-state index is 5.39. The lowest BCUT2D eigenvalue weighted by Crippen LogP contribution is -2.10. The van der Waals surface area contributed by atoms with Crippen molar-refractivity contribution >= 4 is 23.0 Å². The second kappa shape index (κ2) is 8.59. The summed E-state index contributed by atoms with van der Waals surface area (Å²) in [6.45, 7) is 6.81. The quantitative estimate of drug-likeness (QED) is 0.745. The van der Waals surface area contributed by atoms with Crippen molar-refractivity contribution in [2.45, 2.75) is 26.9 Å². The van der Waals surface area contributed by atoms with Crippen LogP contribution >= 0.6 is 11.3 Å². The van der Waals surface area contributed by atoms with Crippen molar-refractivity contribution < 1.29 is 4.74 Å². The van der Waals surface area contributed by atoms with Gasteiger partial charge in [0.1, 0.15) is 18.2 Å². The zero-order valence-corrected chi connectivity index (χ0v) is 13.4. The number of thiophene rings is 1. The van der Waals surface area contributed by atoms with Crippen LogP contribution in [0.25, 0.3) is 0 Å². The molecule has 0 atom stereocenters. The molecule has 6 heteroatoms. The average Bonchev–Trinajstić information content (AvgIpc) is 2.99. The van der Waals surface area contributed by atoms with Crippen molar-refractivity contribution in [1.29, 1.82) is 0 Å². The zero-order valence-electron chi connectivity index (χ0n) is 12.6. The first-order valence-electron chi connectivity index (χ1n) is 7.27. The standard InChI is InChI=1S/C15H22N4OS/c1-3-16-13-10-14(19-15(18-13)11-20-4-2)17-8-7-12-6-5-9-21-12/h5-6,9-10H,3-4,7-8,11H2,1-2H3,(H2,16,17,18,19). The smallest absolute Gasteiger partial charge is 0.158 e. The highest BCUT2D eigenvalue weighted by atomic mass is 32.1. The summed E-state index contributed by atoms with van der Waals surface area (Å²) in [4.78, 5) is 10.3. The number of ether oxygens (including phenoxy) is 1. The predicted molar refractivity (Wildman–Crippen MR) is 88.0 cm³/mol. The Labute approximate surface area is 129 Å². The van der Waals surface area contributed by atoms with Gasteiger partial charge in [0, 0.05) is 30.6 Å². The summed E-state index contributed by atoms with van der Waals surface area (Å²) >= 11 is 1.78. The molecule has 2 N–H and O–H groups in total. The summed E-state index contributed by atoms with van der Waals surface area (Å²) in [5, 5.41) is 8.68. The van der Waals surface area contributed by atoms with Gasteiger partial charge < -0.3 is 15.4 Å². The summed E-state index contributed by atoms with van der Waals surface area (Å²) in [5.74, 6) is 2.38. The van der Waals surface area contributed by atoms with Crippen LogP contribution in [0.4, 0.5) is 11.6 Å². The molecule has 0 aromatic carbocycles. The molecule has 0 bridgehead atoms. The van der Waals surface area contributed by atoms with Gasteiger partial charge in [0.25, 0.3) is 0 Å². The fraction of sp³-hybridized carbons (Fsp3) is 0.467. The summed E-state index contributed by atoms with van der Waals surface area (Å²) < 4.78 is 5.39. The number of anilines is 2. The summed E-state index contributed by atoms with van der Waals surface area (Å²) in [7, 11) is 0. The van der Waals surface area contributed by atoms with Gasteiger partial charge in [-0.25, -0.2) is 9.97 Å². The van der Waals surface area contributed by atoms with Gasteiger partial charge in [-0.15, -0.1) is 11.3 Å². The number of hydrogen-bond acceptors (Lipinski definition) is 6. The van der Waals surface area contributed by atoms with E-state index in [2.05, 4.69) is 38.1 Å². The molecule has 114 valence electrons. The Balaban J connectivity index is 1.97. The largest absolute Gasteiger partial charge is 0.374 e. The molecule has 0 saturated heterocycles. The van der Waals surface area contributed by atoms with Crippen LogP contribution in [0, 0.1) is 0 Å². The maximum Gasteiger partial charge on any atom is 0.158 e. The molecule has 0 aliphatic heterocycles. The molecule has 0 saturated carbocycles. The SMILES string of the molecule is CCNc1cc(NCCc2cccs2)nc(COCC)n1. The number of hydrogen-bond donors (Lipinski definition) is 2. The van der Waals surface area contributed by atoms with E-state index in [-0.39, 0.29) is 0 Å². The van der Waals surface area contributed by atoms with Crippen molar-refractivity contribution in [3.63, 3.8) is 0 Å². The Hall–Kier alpha value is -1.66. The van der Waals surface area contributed by atoms with Crippen molar-refractivity contribution in [1.82, 2.24) is 9.97 Å². The van der Waals surface area contributed by atoms with E-state index in [9.17, 15) is 0 Å². The number of rotatable bonds is 9. The Morgan fingerprint density at radius 1 is 1.19 bits per heavy atom. The van der Waals surface area contributed by atoms with Gasteiger partial charge >= 0.3 is 0 Å². The van der Waals surface area contributed by atoms with Gasteiger partial charge in [-0.2, -0.15) is 0 Å². The molecule has 2 aromatic heterocycles. The van der Waals surface area contributed by atoms with E-state index in [1.807, 2.05) is 19.9 Å². The lowest BCUT2D eigenvalue weighted by Gasteiger charge is -2.10. The number of nitrogens with zero attached hydrogens (tertiary/aromatic N) is 2. The first kappa shape index (κ1) is 15.7. The highest BCUT2D eigenvalue weighted by Gasteiger charge is 2.04. The highest BCUT2D eigenvalue weighted by Crippen LogP contribution is 2.13. The van der Waals surface area contributed by atoms with Gasteiger partial charge in [-0.1, -0.05) is 6.07 Å². The molecule has 21 heavy (non-hydrogen) atoms. The molecule has 2 rings (SSSR count). The minimum atomic E-state index is 0.440. The zero-order chi connectivity index (χ0) is 14.9. The Morgan fingerprint density at radius 3 is 2.67 bits per heavy atom. The average molecular weight is 306 g/mol. The van der Waals surface area contributed by atoms with Gasteiger partial charge in [0.2, 0.25) is 0 Å². The second-order valence-electron chi connectivity index (χ2n) is 4.48. The molecule has 0 unspecified atom stereocenters.